The molecule has 3 aromatic rings. The maximum absolute atomic E-state index is 6.39. The van der Waals surface area contributed by atoms with E-state index in [0.29, 0.717) is 6.61 Å². The van der Waals surface area contributed by atoms with Crippen molar-refractivity contribution < 1.29 is 9.16 Å². The highest BCUT2D eigenvalue weighted by Crippen LogP contribution is 2.39. The third-order valence-electron chi connectivity index (χ3n) is 5.52. The van der Waals surface area contributed by atoms with Crippen LogP contribution in [0, 0.1) is 0 Å². The van der Waals surface area contributed by atoms with Crippen LogP contribution in [0.25, 0.3) is 21.9 Å². The van der Waals surface area contributed by atoms with E-state index in [4.69, 9.17) is 9.16 Å². The first kappa shape index (κ1) is 21.6. The zero-order valence-electron chi connectivity index (χ0n) is 19.7. The molecule has 0 bridgehead atoms. The molecule has 3 nitrogen and oxygen atoms in total. The standard InChI is InChI=1S/C27H32NO2Si/c1-26(2,3)23-15-13-21-16-20(12-14-22(21)24(23)30-31(6)7)18-8-10-19(11-9-18)25-28-27(4,5)17-29-25/h8-16H,17H2,1-7H3. The van der Waals surface area contributed by atoms with Crippen molar-refractivity contribution in [3.63, 3.8) is 0 Å². The summed E-state index contributed by atoms with van der Waals surface area (Å²) < 4.78 is 12.2. The van der Waals surface area contributed by atoms with Gasteiger partial charge in [-0.15, -0.1) is 0 Å². The lowest BCUT2D eigenvalue weighted by atomic mass is 9.84. The summed E-state index contributed by atoms with van der Waals surface area (Å²) in [5.41, 5.74) is 4.57. The minimum atomic E-state index is -0.865. The molecular weight excluding hydrogens is 398 g/mol. The second kappa shape index (κ2) is 7.83. The van der Waals surface area contributed by atoms with E-state index in [1.54, 1.807) is 0 Å². The van der Waals surface area contributed by atoms with Gasteiger partial charge in [0.25, 0.3) is 9.04 Å². The summed E-state index contributed by atoms with van der Waals surface area (Å²) >= 11 is 0. The van der Waals surface area contributed by atoms with Gasteiger partial charge >= 0.3 is 0 Å². The molecule has 0 atom stereocenters. The van der Waals surface area contributed by atoms with E-state index in [1.807, 2.05) is 0 Å². The van der Waals surface area contributed by atoms with Crippen LogP contribution in [-0.4, -0.2) is 27.1 Å². The van der Waals surface area contributed by atoms with Gasteiger partial charge in [0.1, 0.15) is 12.4 Å². The van der Waals surface area contributed by atoms with Crippen molar-refractivity contribution >= 4 is 25.7 Å². The molecule has 161 valence electrons. The topological polar surface area (TPSA) is 30.8 Å². The normalized spacial score (nSPS) is 15.8. The summed E-state index contributed by atoms with van der Waals surface area (Å²) in [7, 11) is -0.865. The highest BCUT2D eigenvalue weighted by molar-refractivity contribution is 6.49. The van der Waals surface area contributed by atoms with Crippen LogP contribution in [0.2, 0.25) is 13.1 Å². The number of benzene rings is 3. The summed E-state index contributed by atoms with van der Waals surface area (Å²) in [6.07, 6.45) is 0. The Morgan fingerprint density at radius 3 is 2.13 bits per heavy atom. The number of hydrogen-bond donors (Lipinski definition) is 0. The van der Waals surface area contributed by atoms with Crippen LogP contribution in [0.4, 0.5) is 0 Å². The third kappa shape index (κ3) is 4.54. The summed E-state index contributed by atoms with van der Waals surface area (Å²) in [5, 5.41) is 2.40. The monoisotopic (exact) mass is 430 g/mol. The van der Waals surface area contributed by atoms with Crippen molar-refractivity contribution in [3.8, 4) is 16.9 Å². The number of aliphatic imine (C=N–C) groups is 1. The number of nitrogens with zero attached hydrogens (tertiary/aromatic N) is 1. The van der Waals surface area contributed by atoms with Crippen LogP contribution in [0.15, 0.2) is 59.6 Å². The van der Waals surface area contributed by atoms with E-state index in [-0.39, 0.29) is 11.0 Å². The van der Waals surface area contributed by atoms with Gasteiger partial charge in [-0.1, -0.05) is 57.2 Å². The Balaban J connectivity index is 1.71. The maximum atomic E-state index is 6.39. The molecule has 31 heavy (non-hydrogen) atoms. The second-order valence-electron chi connectivity index (χ2n) is 10.2. The minimum Gasteiger partial charge on any atom is -0.542 e. The Bertz CT molecular complexity index is 1140. The predicted octanol–water partition coefficient (Wildman–Crippen LogP) is 6.99. The van der Waals surface area contributed by atoms with Crippen LogP contribution in [0.1, 0.15) is 45.7 Å². The second-order valence-corrected chi connectivity index (χ2v) is 12.3. The average molecular weight is 431 g/mol. The van der Waals surface area contributed by atoms with Crippen molar-refractivity contribution in [2.24, 2.45) is 4.99 Å². The van der Waals surface area contributed by atoms with Gasteiger partial charge in [0.2, 0.25) is 5.90 Å². The first-order valence-electron chi connectivity index (χ1n) is 10.9. The van der Waals surface area contributed by atoms with E-state index in [0.717, 1.165) is 17.2 Å². The summed E-state index contributed by atoms with van der Waals surface area (Å²) in [4.78, 5) is 4.68. The predicted molar refractivity (Wildman–Crippen MR) is 133 cm³/mol. The Hall–Kier alpha value is -2.59. The molecule has 1 aliphatic heterocycles. The van der Waals surface area contributed by atoms with Crippen LogP contribution in [0.3, 0.4) is 0 Å². The quantitative estimate of drug-likeness (QED) is 0.418. The van der Waals surface area contributed by atoms with E-state index in [1.165, 1.54) is 27.5 Å². The molecular formula is C27H32NO2Si. The van der Waals surface area contributed by atoms with Crippen molar-refractivity contribution in [2.45, 2.75) is 58.7 Å². The number of ether oxygens (including phenoxy) is 1. The summed E-state index contributed by atoms with van der Waals surface area (Å²) in [6.45, 7) is 15.9. The number of rotatable bonds is 4. The van der Waals surface area contributed by atoms with Gasteiger partial charge in [-0.05, 0) is 72.6 Å². The van der Waals surface area contributed by atoms with Crippen molar-refractivity contribution in [1.82, 2.24) is 0 Å². The molecule has 0 N–H and O–H groups in total. The molecule has 0 saturated carbocycles. The van der Waals surface area contributed by atoms with Gasteiger partial charge in [0.05, 0.1) is 5.54 Å². The van der Waals surface area contributed by atoms with Gasteiger partial charge in [0.15, 0.2) is 0 Å². The maximum Gasteiger partial charge on any atom is 0.274 e. The molecule has 0 aromatic heterocycles. The summed E-state index contributed by atoms with van der Waals surface area (Å²) in [5.74, 6) is 1.79. The lowest BCUT2D eigenvalue weighted by Gasteiger charge is -2.25. The number of fused-ring (bicyclic) bond motifs is 1. The van der Waals surface area contributed by atoms with Crippen molar-refractivity contribution in [2.75, 3.05) is 6.61 Å². The molecule has 0 amide bonds. The third-order valence-corrected chi connectivity index (χ3v) is 6.13. The first-order chi connectivity index (χ1) is 14.5. The SMILES string of the molecule is C[Si](C)Oc1c(C(C)(C)C)ccc2cc(-c3ccc(C4=NC(C)(C)CO4)cc3)ccc12. The molecule has 0 fully saturated rings. The molecule has 3 aromatic carbocycles. The lowest BCUT2D eigenvalue weighted by Crippen LogP contribution is -2.18. The van der Waals surface area contributed by atoms with Gasteiger partial charge in [-0.2, -0.15) is 0 Å². The Morgan fingerprint density at radius 2 is 1.55 bits per heavy atom. The molecule has 4 rings (SSSR count). The fraction of sp³-hybridized carbons (Fsp3) is 0.370. The van der Waals surface area contributed by atoms with E-state index in [9.17, 15) is 0 Å². The van der Waals surface area contributed by atoms with Crippen LogP contribution in [0.5, 0.6) is 5.75 Å². The minimum absolute atomic E-state index is 0.0366. The fourth-order valence-electron chi connectivity index (χ4n) is 3.92. The smallest absolute Gasteiger partial charge is 0.274 e. The van der Waals surface area contributed by atoms with Gasteiger partial charge < -0.3 is 9.16 Å². The molecule has 1 heterocycles. The molecule has 0 spiro atoms. The fourth-order valence-corrected chi connectivity index (χ4v) is 4.55. The Kier molecular flexibility index (Phi) is 5.46. The zero-order chi connectivity index (χ0) is 22.4. The van der Waals surface area contributed by atoms with Crippen LogP contribution in [-0.2, 0) is 10.2 Å². The Labute approximate surface area is 187 Å². The van der Waals surface area contributed by atoms with Crippen molar-refractivity contribution in [3.05, 3.63) is 65.7 Å². The molecule has 4 heteroatoms. The molecule has 1 radical (unpaired) electrons. The van der Waals surface area contributed by atoms with Crippen LogP contribution >= 0.6 is 0 Å². The highest BCUT2D eigenvalue weighted by Gasteiger charge is 2.27. The van der Waals surface area contributed by atoms with E-state index >= 15 is 0 Å². The van der Waals surface area contributed by atoms with E-state index < -0.39 is 9.04 Å². The first-order valence-corrected chi connectivity index (χ1v) is 13.3. The molecule has 0 saturated heterocycles. The molecule has 0 unspecified atom stereocenters. The van der Waals surface area contributed by atoms with Gasteiger partial charge in [-0.3, -0.25) is 0 Å². The average Bonchev–Trinajstić information content (AvgIpc) is 3.06. The number of hydrogen-bond acceptors (Lipinski definition) is 3. The van der Waals surface area contributed by atoms with Crippen LogP contribution < -0.4 is 4.43 Å². The zero-order valence-corrected chi connectivity index (χ0v) is 20.7. The van der Waals surface area contributed by atoms with Crippen molar-refractivity contribution in [1.29, 1.82) is 0 Å². The molecule has 1 aliphatic rings. The Morgan fingerprint density at radius 1 is 0.903 bits per heavy atom. The van der Waals surface area contributed by atoms with Gasteiger partial charge in [-0.25, -0.2) is 4.99 Å². The van der Waals surface area contributed by atoms with Gasteiger partial charge in [0, 0.05) is 10.9 Å². The largest absolute Gasteiger partial charge is 0.542 e. The molecule has 0 aliphatic carbocycles. The lowest BCUT2D eigenvalue weighted by molar-refractivity contribution is 0.279. The highest BCUT2D eigenvalue weighted by atomic mass is 28.3. The summed E-state index contributed by atoms with van der Waals surface area (Å²) in [6, 6.07) is 19.6. The van der Waals surface area contributed by atoms with E-state index in [2.05, 4.69) is 107 Å².